The van der Waals surface area contributed by atoms with Crippen molar-refractivity contribution in [3.63, 3.8) is 0 Å². The van der Waals surface area contributed by atoms with Gasteiger partial charge in [0.05, 0.1) is 5.37 Å². The molecule has 0 aliphatic carbocycles. The lowest BCUT2D eigenvalue weighted by atomic mass is 10.2. The minimum atomic E-state index is 0.581. The van der Waals surface area contributed by atoms with E-state index in [1.165, 1.54) is 0 Å². The number of hydrogen-bond donors (Lipinski definition) is 1. The third-order valence-electron chi connectivity index (χ3n) is 1.31. The zero-order valence-corrected chi connectivity index (χ0v) is 6.32. The summed E-state index contributed by atoms with van der Waals surface area (Å²) < 4.78 is 0. The zero-order chi connectivity index (χ0) is 7.40. The maximum atomic E-state index is 5.39. The van der Waals surface area contributed by atoms with Gasteiger partial charge in [-0.25, -0.2) is 0 Å². The molecule has 2 heteroatoms. The van der Waals surface area contributed by atoms with Gasteiger partial charge >= 0.3 is 0 Å². The lowest BCUT2D eigenvalue weighted by Gasteiger charge is -1.94. The van der Waals surface area contributed by atoms with Gasteiger partial charge in [0, 0.05) is 6.54 Å². The van der Waals surface area contributed by atoms with Crippen molar-refractivity contribution < 1.29 is 0 Å². The zero-order valence-electron chi connectivity index (χ0n) is 5.50. The highest BCUT2D eigenvalue weighted by atomic mass is 32.1. The maximum absolute atomic E-state index is 5.39. The fraction of sp³-hybridized carbons (Fsp3) is 0.125. The van der Waals surface area contributed by atoms with Crippen LogP contribution in [-0.4, -0.2) is 5.37 Å². The molecule has 1 nitrogen and oxygen atoms in total. The number of rotatable bonds is 2. The van der Waals surface area contributed by atoms with Gasteiger partial charge in [-0.05, 0) is 11.1 Å². The summed E-state index contributed by atoms with van der Waals surface area (Å²) in [6.45, 7) is 0.581. The maximum Gasteiger partial charge on any atom is 0.0636 e. The molecule has 0 atom stereocenters. The Morgan fingerprint density at radius 2 is 1.90 bits per heavy atom. The smallest absolute Gasteiger partial charge is 0.0636 e. The van der Waals surface area contributed by atoms with Crippen LogP contribution in [-0.2, 0) is 6.54 Å². The van der Waals surface area contributed by atoms with Gasteiger partial charge in [0.15, 0.2) is 0 Å². The van der Waals surface area contributed by atoms with Crippen LogP contribution in [0.1, 0.15) is 11.1 Å². The lowest BCUT2D eigenvalue weighted by Crippen LogP contribution is -1.95. The molecular weight excluding hydrogens is 142 g/mol. The molecule has 0 aliphatic rings. The van der Waals surface area contributed by atoms with Crippen molar-refractivity contribution in [3.05, 3.63) is 35.4 Å². The van der Waals surface area contributed by atoms with Crippen molar-refractivity contribution in [1.82, 2.24) is 0 Å². The van der Waals surface area contributed by atoms with Crippen molar-refractivity contribution in [2.24, 2.45) is 5.73 Å². The Kier molecular flexibility index (Phi) is 2.54. The fourth-order valence-electron chi connectivity index (χ4n) is 0.709. The van der Waals surface area contributed by atoms with Crippen molar-refractivity contribution >= 4 is 17.6 Å². The summed E-state index contributed by atoms with van der Waals surface area (Å²) in [6.07, 6.45) is 0. The molecule has 10 heavy (non-hydrogen) atoms. The van der Waals surface area contributed by atoms with Crippen LogP contribution in [0.4, 0.5) is 0 Å². The Hall–Kier alpha value is -0.730. The molecule has 0 aliphatic heterocycles. The third kappa shape index (κ3) is 1.62. The van der Waals surface area contributed by atoms with E-state index in [9.17, 15) is 0 Å². The second-order valence-electron chi connectivity index (χ2n) is 2.00. The van der Waals surface area contributed by atoms with E-state index in [0.29, 0.717) is 6.54 Å². The van der Waals surface area contributed by atoms with E-state index in [4.69, 9.17) is 5.73 Å². The number of benzene rings is 1. The van der Waals surface area contributed by atoms with Crippen LogP contribution in [0.3, 0.4) is 0 Å². The predicted molar refractivity (Wildman–Crippen MR) is 46.0 cm³/mol. The lowest BCUT2D eigenvalue weighted by molar-refractivity contribution is 1.07. The Bertz CT molecular complexity index is 215. The molecule has 2 N–H and O–H groups in total. The van der Waals surface area contributed by atoms with Crippen molar-refractivity contribution in [3.8, 4) is 0 Å². The number of nitrogens with two attached hydrogens (primary N) is 1. The molecule has 1 aromatic carbocycles. The summed E-state index contributed by atoms with van der Waals surface area (Å²) in [5, 5.41) is 2.62. The molecule has 1 aromatic rings. The van der Waals surface area contributed by atoms with Crippen LogP contribution in [0.15, 0.2) is 24.3 Å². The molecule has 0 aromatic heterocycles. The van der Waals surface area contributed by atoms with Crippen LogP contribution >= 0.6 is 12.2 Å². The van der Waals surface area contributed by atoms with Crippen LogP contribution in [0.5, 0.6) is 0 Å². The minimum Gasteiger partial charge on any atom is -0.326 e. The quantitative estimate of drug-likeness (QED) is 0.644. The average molecular weight is 150 g/mol. The van der Waals surface area contributed by atoms with E-state index >= 15 is 0 Å². The van der Waals surface area contributed by atoms with Crippen molar-refractivity contribution in [2.75, 3.05) is 0 Å². The molecular formula is C8H8NS. The second-order valence-corrected chi connectivity index (χ2v) is 2.21. The SMILES string of the molecule is NCc1ccc([C]=S)cc1. The minimum absolute atomic E-state index is 0.581. The average Bonchev–Trinajstić information content (AvgIpc) is 2.05. The molecule has 0 bridgehead atoms. The molecule has 0 amide bonds. The first-order valence-electron chi connectivity index (χ1n) is 3.04. The largest absolute Gasteiger partial charge is 0.326 e. The van der Waals surface area contributed by atoms with Gasteiger partial charge in [-0.1, -0.05) is 36.5 Å². The van der Waals surface area contributed by atoms with Crippen molar-refractivity contribution in [1.29, 1.82) is 0 Å². The van der Waals surface area contributed by atoms with Crippen LogP contribution in [0.25, 0.3) is 0 Å². The Labute approximate surface area is 65.9 Å². The molecule has 1 rings (SSSR count). The predicted octanol–water partition coefficient (Wildman–Crippen LogP) is 1.37. The summed E-state index contributed by atoms with van der Waals surface area (Å²) in [4.78, 5) is 0. The fourth-order valence-corrected chi connectivity index (χ4v) is 0.845. The van der Waals surface area contributed by atoms with Gasteiger partial charge in [-0.3, -0.25) is 0 Å². The monoisotopic (exact) mass is 150 g/mol. The second kappa shape index (κ2) is 3.44. The van der Waals surface area contributed by atoms with Gasteiger partial charge in [-0.15, -0.1) is 0 Å². The third-order valence-corrected chi connectivity index (χ3v) is 1.54. The highest BCUT2D eigenvalue weighted by Gasteiger charge is 1.87. The molecule has 0 fully saturated rings. The summed E-state index contributed by atoms with van der Waals surface area (Å²) in [5.41, 5.74) is 7.45. The highest BCUT2D eigenvalue weighted by molar-refractivity contribution is 7.79. The van der Waals surface area contributed by atoms with E-state index in [-0.39, 0.29) is 0 Å². The van der Waals surface area contributed by atoms with Gasteiger partial charge in [-0.2, -0.15) is 0 Å². The summed E-state index contributed by atoms with van der Waals surface area (Å²) >= 11 is 4.62. The first-order valence-corrected chi connectivity index (χ1v) is 3.45. The van der Waals surface area contributed by atoms with E-state index in [2.05, 4.69) is 17.6 Å². The topological polar surface area (TPSA) is 26.0 Å². The highest BCUT2D eigenvalue weighted by Crippen LogP contribution is 2.00. The standard InChI is InChI=1S/C8H8NS/c9-5-7-1-3-8(6-10)4-2-7/h1-4H,5,9H2. The molecule has 0 heterocycles. The van der Waals surface area contributed by atoms with E-state index < -0.39 is 0 Å². The van der Waals surface area contributed by atoms with Crippen LogP contribution in [0.2, 0.25) is 0 Å². The van der Waals surface area contributed by atoms with Gasteiger partial charge < -0.3 is 5.73 Å². The first-order chi connectivity index (χ1) is 4.86. The molecule has 51 valence electrons. The van der Waals surface area contributed by atoms with Gasteiger partial charge in [0.25, 0.3) is 0 Å². The first kappa shape index (κ1) is 7.38. The number of thiocarbonyl (C=S) groups is 1. The Morgan fingerprint density at radius 3 is 2.30 bits per heavy atom. The summed E-state index contributed by atoms with van der Waals surface area (Å²) in [6, 6.07) is 7.73. The number of hydrogen-bond acceptors (Lipinski definition) is 2. The summed E-state index contributed by atoms with van der Waals surface area (Å²) in [7, 11) is 0. The molecule has 0 saturated heterocycles. The molecule has 1 radical (unpaired) electrons. The van der Waals surface area contributed by atoms with Gasteiger partial charge in [0.2, 0.25) is 0 Å². The molecule has 0 saturated carbocycles. The van der Waals surface area contributed by atoms with E-state index in [0.717, 1.165) is 11.1 Å². The van der Waals surface area contributed by atoms with Crippen LogP contribution in [0, 0.1) is 0 Å². The normalized spacial score (nSPS) is 9.30. The Morgan fingerprint density at radius 1 is 1.30 bits per heavy atom. The molecule has 0 unspecified atom stereocenters. The summed E-state index contributed by atoms with van der Waals surface area (Å²) in [5.74, 6) is 0. The van der Waals surface area contributed by atoms with E-state index in [1.54, 1.807) is 0 Å². The van der Waals surface area contributed by atoms with Gasteiger partial charge in [0.1, 0.15) is 0 Å². The Balaban J connectivity index is 2.90. The molecule has 0 spiro atoms. The van der Waals surface area contributed by atoms with E-state index in [1.807, 2.05) is 24.3 Å². The van der Waals surface area contributed by atoms with Crippen molar-refractivity contribution in [2.45, 2.75) is 6.54 Å². The van der Waals surface area contributed by atoms with Crippen LogP contribution < -0.4 is 5.73 Å².